The van der Waals surface area contributed by atoms with E-state index in [-0.39, 0.29) is 18.2 Å². The van der Waals surface area contributed by atoms with Gasteiger partial charge in [-0.1, -0.05) is 30.3 Å². The highest BCUT2D eigenvalue weighted by atomic mass is 32.2. The molecule has 0 aliphatic heterocycles. The van der Waals surface area contributed by atoms with Crippen molar-refractivity contribution < 1.29 is 9.13 Å². The molecule has 2 aliphatic rings. The van der Waals surface area contributed by atoms with Crippen LogP contribution in [0, 0.1) is 23.6 Å². The molecule has 0 saturated heterocycles. The van der Waals surface area contributed by atoms with Gasteiger partial charge in [-0.15, -0.1) is 10.2 Å². The molecule has 6 nitrogen and oxygen atoms in total. The minimum atomic E-state index is -0.360. The highest BCUT2D eigenvalue weighted by Gasteiger charge is 2.43. The van der Waals surface area contributed by atoms with Gasteiger partial charge in [0.05, 0.1) is 6.20 Å². The first-order valence-corrected chi connectivity index (χ1v) is 12.0. The molecule has 0 N–H and O–H groups in total. The molecule has 4 unspecified atom stereocenters. The van der Waals surface area contributed by atoms with Gasteiger partial charge in [0, 0.05) is 30.6 Å². The Labute approximate surface area is 186 Å². The minimum absolute atomic E-state index is 0.201. The van der Waals surface area contributed by atoms with E-state index < -0.39 is 0 Å². The van der Waals surface area contributed by atoms with Crippen molar-refractivity contribution in [2.75, 3.05) is 0 Å². The van der Waals surface area contributed by atoms with E-state index in [0.717, 1.165) is 34.1 Å². The Balaban J connectivity index is 1.38. The first-order chi connectivity index (χ1) is 15.1. The maximum absolute atomic E-state index is 14.0. The number of para-hydroxylation sites is 1. The summed E-state index contributed by atoms with van der Waals surface area (Å²) >= 11 is 1.67. The van der Waals surface area contributed by atoms with Crippen LogP contribution < -0.4 is 4.74 Å². The fourth-order valence-electron chi connectivity index (χ4n) is 5.39. The summed E-state index contributed by atoms with van der Waals surface area (Å²) in [6, 6.07) is 6.78. The summed E-state index contributed by atoms with van der Waals surface area (Å²) < 4.78 is 23.9. The molecule has 2 saturated carbocycles. The smallest absolute Gasteiger partial charge is 0.191 e. The maximum atomic E-state index is 14.0. The molecule has 2 aromatic heterocycles. The third-order valence-electron chi connectivity index (χ3n) is 6.87. The number of aryl methyl sites for hydroxylation is 1. The normalized spacial score (nSPS) is 23.4. The second-order valence-electron chi connectivity index (χ2n) is 8.88. The minimum Gasteiger partial charge on any atom is -0.483 e. The summed E-state index contributed by atoms with van der Waals surface area (Å²) in [6.45, 7) is 2.49. The van der Waals surface area contributed by atoms with Gasteiger partial charge in [0.25, 0.3) is 0 Å². The van der Waals surface area contributed by atoms with Crippen LogP contribution in [0.2, 0.25) is 0 Å². The van der Waals surface area contributed by atoms with Crippen LogP contribution in [0.1, 0.15) is 50.0 Å². The molecule has 1 aromatic carbocycles. The van der Waals surface area contributed by atoms with Gasteiger partial charge >= 0.3 is 0 Å². The van der Waals surface area contributed by atoms with E-state index in [9.17, 15) is 4.39 Å². The molecule has 0 radical (unpaired) electrons. The van der Waals surface area contributed by atoms with Crippen molar-refractivity contribution >= 4 is 11.8 Å². The van der Waals surface area contributed by atoms with Gasteiger partial charge in [0.15, 0.2) is 22.5 Å². The number of hydrogen-bond acceptors (Lipinski definition) is 5. The van der Waals surface area contributed by atoms with Gasteiger partial charge in [0.2, 0.25) is 0 Å². The topological polar surface area (TPSA) is 57.8 Å². The number of benzene rings is 1. The number of fused-ring (bicyclic) bond motifs is 2. The molecular formula is C23H28FN5OS. The predicted octanol–water partition coefficient (Wildman–Crippen LogP) is 5.02. The lowest BCUT2D eigenvalue weighted by Crippen LogP contribution is -2.24. The van der Waals surface area contributed by atoms with Crippen molar-refractivity contribution in [1.29, 1.82) is 0 Å². The fourth-order valence-corrected chi connectivity index (χ4v) is 6.34. The summed E-state index contributed by atoms with van der Waals surface area (Å²) in [4.78, 5) is 0. The van der Waals surface area contributed by atoms with Crippen LogP contribution in [-0.2, 0) is 19.4 Å². The molecule has 3 aromatic rings. The van der Waals surface area contributed by atoms with E-state index in [0.29, 0.717) is 12.0 Å². The van der Waals surface area contributed by atoms with Crippen LogP contribution in [0.3, 0.4) is 0 Å². The summed E-state index contributed by atoms with van der Waals surface area (Å²) in [5.41, 5.74) is 1.15. The first kappa shape index (κ1) is 20.5. The van der Waals surface area contributed by atoms with Crippen LogP contribution in [0.4, 0.5) is 4.39 Å². The predicted molar refractivity (Wildman–Crippen MR) is 117 cm³/mol. The maximum Gasteiger partial charge on any atom is 0.191 e. The number of thioether (sulfide) groups is 1. The second-order valence-corrected chi connectivity index (χ2v) is 9.82. The monoisotopic (exact) mass is 441 g/mol. The Kier molecular flexibility index (Phi) is 5.73. The summed E-state index contributed by atoms with van der Waals surface area (Å²) in [5, 5.41) is 14.1. The van der Waals surface area contributed by atoms with E-state index in [1.165, 1.54) is 31.7 Å². The first-order valence-electron chi connectivity index (χ1n) is 11.0. The summed E-state index contributed by atoms with van der Waals surface area (Å²) in [5.74, 6) is 3.73. The van der Waals surface area contributed by atoms with E-state index in [1.54, 1.807) is 30.0 Å². The van der Waals surface area contributed by atoms with Gasteiger partial charge in [-0.05, 0) is 56.1 Å². The van der Waals surface area contributed by atoms with Crippen LogP contribution in [0.25, 0.3) is 0 Å². The molecule has 8 heteroatoms. The Morgan fingerprint density at radius 3 is 2.81 bits per heavy atom. The fraction of sp³-hybridized carbons (Fsp3) is 0.522. The zero-order chi connectivity index (χ0) is 21.4. The SMILES string of the molecule is CC(C1CC2CCC1C2)n1c(COc2ccccc2F)nnc1SCc1cnn(C)c1. The van der Waals surface area contributed by atoms with E-state index >= 15 is 0 Å². The largest absolute Gasteiger partial charge is 0.483 e. The molecule has 31 heavy (non-hydrogen) atoms. The highest BCUT2D eigenvalue weighted by Crippen LogP contribution is 2.52. The van der Waals surface area contributed by atoms with Crippen LogP contribution in [0.15, 0.2) is 41.8 Å². The average Bonchev–Trinajstić information content (AvgIpc) is 3.55. The number of hydrogen-bond donors (Lipinski definition) is 0. The lowest BCUT2D eigenvalue weighted by molar-refractivity contribution is 0.215. The lowest BCUT2D eigenvalue weighted by Gasteiger charge is -2.30. The van der Waals surface area contributed by atoms with Crippen molar-refractivity contribution in [2.24, 2.45) is 24.8 Å². The number of halogens is 1. The zero-order valence-corrected chi connectivity index (χ0v) is 18.8. The molecular weight excluding hydrogens is 413 g/mol. The Hall–Kier alpha value is -2.35. The van der Waals surface area contributed by atoms with Gasteiger partial charge in [0.1, 0.15) is 6.61 Å². The third-order valence-corrected chi connectivity index (χ3v) is 7.89. The molecule has 2 aliphatic carbocycles. The Bertz CT molecular complexity index is 1050. The Morgan fingerprint density at radius 1 is 1.23 bits per heavy atom. The van der Waals surface area contributed by atoms with Crippen LogP contribution in [0.5, 0.6) is 5.75 Å². The quantitative estimate of drug-likeness (QED) is 0.460. The molecule has 4 atom stereocenters. The molecule has 2 fully saturated rings. The number of rotatable bonds is 8. The highest BCUT2D eigenvalue weighted by molar-refractivity contribution is 7.98. The molecule has 0 amide bonds. The number of ether oxygens (including phenoxy) is 1. The number of aromatic nitrogens is 5. The summed E-state index contributed by atoms with van der Waals surface area (Å²) in [6.07, 6.45) is 9.26. The molecule has 0 spiro atoms. The van der Waals surface area contributed by atoms with Crippen molar-refractivity contribution in [1.82, 2.24) is 24.5 Å². The zero-order valence-electron chi connectivity index (χ0n) is 17.9. The molecule has 2 heterocycles. The van der Waals surface area contributed by atoms with Gasteiger partial charge in [-0.25, -0.2) is 4.39 Å². The van der Waals surface area contributed by atoms with Crippen molar-refractivity contribution in [3.63, 3.8) is 0 Å². The second kappa shape index (κ2) is 8.65. The van der Waals surface area contributed by atoms with E-state index in [4.69, 9.17) is 4.74 Å². The average molecular weight is 442 g/mol. The summed E-state index contributed by atoms with van der Waals surface area (Å²) in [7, 11) is 1.92. The third kappa shape index (κ3) is 4.22. The van der Waals surface area contributed by atoms with E-state index in [2.05, 4.69) is 26.8 Å². The molecule has 5 rings (SSSR count). The van der Waals surface area contributed by atoms with Crippen molar-refractivity contribution in [2.45, 2.75) is 56.2 Å². The molecule has 164 valence electrons. The van der Waals surface area contributed by atoms with Crippen molar-refractivity contribution in [3.05, 3.63) is 53.9 Å². The van der Waals surface area contributed by atoms with Gasteiger partial charge in [-0.3, -0.25) is 9.25 Å². The lowest BCUT2D eigenvalue weighted by atomic mass is 9.84. The van der Waals surface area contributed by atoms with Crippen LogP contribution in [-0.4, -0.2) is 24.5 Å². The Morgan fingerprint density at radius 2 is 2.10 bits per heavy atom. The standard InChI is InChI=1S/C23H28FN5OS/c1-15(19-10-16-7-8-18(19)9-16)29-22(13-30-21-6-4-3-5-20(21)24)26-27-23(29)31-14-17-11-25-28(2)12-17/h3-6,11-12,15-16,18-19H,7-10,13-14H2,1-2H3. The van der Waals surface area contributed by atoms with Gasteiger partial charge in [-0.2, -0.15) is 5.10 Å². The van der Waals surface area contributed by atoms with Crippen LogP contribution >= 0.6 is 11.8 Å². The van der Waals surface area contributed by atoms with Crippen molar-refractivity contribution in [3.8, 4) is 5.75 Å². The van der Waals surface area contributed by atoms with E-state index in [1.807, 2.05) is 24.1 Å². The molecule has 2 bridgehead atoms. The number of nitrogens with zero attached hydrogens (tertiary/aromatic N) is 5. The van der Waals surface area contributed by atoms with Gasteiger partial charge < -0.3 is 4.74 Å².